The second-order valence-corrected chi connectivity index (χ2v) is 15.6. The molecule has 0 bridgehead atoms. The molecule has 0 radical (unpaired) electrons. The number of furan rings is 1. The van der Waals surface area contributed by atoms with Crippen LogP contribution >= 0.6 is 0 Å². The molecule has 11 aromatic carbocycles. The van der Waals surface area contributed by atoms with Crippen molar-refractivity contribution in [3.63, 3.8) is 0 Å². The second kappa shape index (κ2) is 13.9. The topological polar surface area (TPSA) is 16.4 Å². The quantitative estimate of drug-likeness (QED) is 0.157. The van der Waals surface area contributed by atoms with Crippen LogP contribution in [-0.2, 0) is 0 Å². The first-order valence-electron chi connectivity index (χ1n) is 20.6. The molecule has 12 aromatic rings. The monoisotopic (exact) mass is 763 g/mol. The molecule has 1 heterocycles. The smallest absolute Gasteiger partial charge is 0.137 e. The summed E-state index contributed by atoms with van der Waals surface area (Å²) in [7, 11) is 0. The largest absolute Gasteiger partial charge is 0.456 e. The van der Waals surface area contributed by atoms with E-state index in [2.05, 4.69) is 217 Å². The Labute approximate surface area is 347 Å². The molecule has 0 aliphatic rings. The molecule has 0 aliphatic heterocycles. The highest BCUT2D eigenvalue weighted by Crippen LogP contribution is 2.48. The third-order valence-corrected chi connectivity index (χ3v) is 12.2. The molecule has 2 heteroatoms. The molecule has 0 fully saturated rings. The molecule has 280 valence electrons. The lowest BCUT2D eigenvalue weighted by Gasteiger charge is -2.29. The van der Waals surface area contributed by atoms with Crippen molar-refractivity contribution in [3.8, 4) is 33.4 Å². The van der Waals surface area contributed by atoms with Gasteiger partial charge in [0.25, 0.3) is 0 Å². The predicted octanol–water partition coefficient (Wildman–Crippen LogP) is 16.7. The molecule has 12 rings (SSSR count). The van der Waals surface area contributed by atoms with E-state index in [0.29, 0.717) is 0 Å². The van der Waals surface area contributed by atoms with Crippen molar-refractivity contribution < 1.29 is 4.42 Å². The Kier molecular flexibility index (Phi) is 7.89. The summed E-state index contributed by atoms with van der Waals surface area (Å²) in [5, 5.41) is 12.1. The maximum absolute atomic E-state index is 6.55. The van der Waals surface area contributed by atoms with Crippen LogP contribution in [0.5, 0.6) is 0 Å². The van der Waals surface area contributed by atoms with Gasteiger partial charge >= 0.3 is 0 Å². The van der Waals surface area contributed by atoms with E-state index in [1.165, 1.54) is 65.3 Å². The van der Waals surface area contributed by atoms with Crippen molar-refractivity contribution in [1.82, 2.24) is 0 Å². The van der Waals surface area contributed by atoms with Crippen LogP contribution < -0.4 is 4.90 Å². The number of hydrogen-bond acceptors (Lipinski definition) is 2. The Hall–Kier alpha value is -7.94. The van der Waals surface area contributed by atoms with Gasteiger partial charge in [-0.2, -0.15) is 0 Å². The van der Waals surface area contributed by atoms with Gasteiger partial charge in [-0.1, -0.05) is 170 Å². The average molecular weight is 764 g/mol. The van der Waals surface area contributed by atoms with Gasteiger partial charge in [0.1, 0.15) is 11.2 Å². The van der Waals surface area contributed by atoms with E-state index < -0.39 is 0 Å². The van der Waals surface area contributed by atoms with E-state index >= 15 is 0 Å². The highest BCUT2D eigenvalue weighted by Gasteiger charge is 2.23. The van der Waals surface area contributed by atoms with Crippen LogP contribution in [0.25, 0.3) is 98.4 Å². The van der Waals surface area contributed by atoms with Gasteiger partial charge in [0.15, 0.2) is 0 Å². The first-order valence-corrected chi connectivity index (χ1v) is 20.6. The molecule has 0 saturated carbocycles. The molecule has 60 heavy (non-hydrogen) atoms. The number of hydrogen-bond donors (Lipinski definition) is 0. The van der Waals surface area contributed by atoms with Gasteiger partial charge in [-0.05, 0) is 119 Å². The highest BCUT2D eigenvalue weighted by atomic mass is 16.3. The van der Waals surface area contributed by atoms with Gasteiger partial charge in [-0.3, -0.25) is 0 Å². The van der Waals surface area contributed by atoms with Crippen molar-refractivity contribution >= 4 is 82.1 Å². The Balaban J connectivity index is 1.12. The van der Waals surface area contributed by atoms with Crippen LogP contribution in [0.2, 0.25) is 0 Å². The van der Waals surface area contributed by atoms with Crippen LogP contribution in [0, 0.1) is 0 Å². The molecule has 0 spiro atoms. The molecule has 0 unspecified atom stereocenters. The van der Waals surface area contributed by atoms with E-state index in [1.807, 2.05) is 12.1 Å². The molecule has 2 nitrogen and oxygen atoms in total. The molecular weight excluding hydrogens is 727 g/mol. The molecule has 0 saturated heterocycles. The Morgan fingerprint density at radius 3 is 1.73 bits per heavy atom. The van der Waals surface area contributed by atoms with Gasteiger partial charge in [-0.25, -0.2) is 0 Å². The second-order valence-electron chi connectivity index (χ2n) is 15.6. The summed E-state index contributed by atoms with van der Waals surface area (Å²) in [4.78, 5) is 2.41. The van der Waals surface area contributed by atoms with Crippen LogP contribution in [0.1, 0.15) is 0 Å². The summed E-state index contributed by atoms with van der Waals surface area (Å²) in [6.45, 7) is 0. The minimum Gasteiger partial charge on any atom is -0.456 e. The summed E-state index contributed by atoms with van der Waals surface area (Å²) >= 11 is 0. The standard InChI is InChI=1S/C58H37NO/c1-2-15-41-35-43(28-27-38(41)13-1)58-53(49-23-11-17-39-14-3-5-18-46(39)49)24-12-25-55(58)59(45-33-34-52-51-22-9-10-26-56(51)60-57(52)37-45)44-31-29-40(30-32-44)54-36-42-16-4-6-19-47(42)48-20-7-8-21-50(48)54/h1-37H. The third-order valence-electron chi connectivity index (χ3n) is 12.2. The Morgan fingerprint density at radius 1 is 0.283 bits per heavy atom. The summed E-state index contributed by atoms with van der Waals surface area (Å²) in [6.07, 6.45) is 0. The van der Waals surface area contributed by atoms with E-state index in [0.717, 1.165) is 50.1 Å². The number of rotatable bonds is 6. The van der Waals surface area contributed by atoms with Crippen molar-refractivity contribution in [2.75, 3.05) is 4.90 Å². The maximum Gasteiger partial charge on any atom is 0.137 e. The maximum atomic E-state index is 6.55. The van der Waals surface area contributed by atoms with Crippen LogP contribution in [0.3, 0.4) is 0 Å². The normalized spacial score (nSPS) is 11.7. The highest BCUT2D eigenvalue weighted by molar-refractivity contribution is 6.14. The van der Waals surface area contributed by atoms with E-state index in [-0.39, 0.29) is 0 Å². The van der Waals surface area contributed by atoms with Crippen LogP contribution in [0.15, 0.2) is 229 Å². The fraction of sp³-hybridized carbons (Fsp3) is 0. The summed E-state index contributed by atoms with van der Waals surface area (Å²) in [6, 6.07) is 81.5. The molecule has 0 amide bonds. The number of benzene rings is 11. The van der Waals surface area contributed by atoms with Gasteiger partial charge in [0.2, 0.25) is 0 Å². The fourth-order valence-corrected chi connectivity index (χ4v) is 9.42. The number of fused-ring (bicyclic) bond motifs is 8. The van der Waals surface area contributed by atoms with Gasteiger partial charge in [-0.15, -0.1) is 0 Å². The zero-order valence-electron chi connectivity index (χ0n) is 32.7. The van der Waals surface area contributed by atoms with E-state index in [4.69, 9.17) is 4.42 Å². The number of para-hydroxylation sites is 1. The fourth-order valence-electron chi connectivity index (χ4n) is 9.42. The molecular formula is C58H37NO. The minimum absolute atomic E-state index is 0.857. The van der Waals surface area contributed by atoms with Crippen molar-refractivity contribution in [3.05, 3.63) is 224 Å². The van der Waals surface area contributed by atoms with Gasteiger partial charge in [0.05, 0.1) is 5.69 Å². The molecule has 0 aliphatic carbocycles. The predicted molar refractivity (Wildman–Crippen MR) is 255 cm³/mol. The van der Waals surface area contributed by atoms with Crippen LogP contribution in [-0.4, -0.2) is 0 Å². The third kappa shape index (κ3) is 5.57. The van der Waals surface area contributed by atoms with Crippen molar-refractivity contribution in [1.29, 1.82) is 0 Å². The number of nitrogens with zero attached hydrogens (tertiary/aromatic N) is 1. The zero-order valence-corrected chi connectivity index (χ0v) is 32.7. The lowest BCUT2D eigenvalue weighted by molar-refractivity contribution is 0.669. The summed E-state index contributed by atoms with van der Waals surface area (Å²) in [5.41, 5.74) is 12.0. The SMILES string of the molecule is c1cc(-c2cccc3ccccc23)c(-c2ccc3ccccc3c2)c(N(c2ccc(-c3cc4ccccc4c4ccccc34)cc2)c2ccc3c(c2)oc2ccccc23)c1. The molecule has 0 N–H and O–H groups in total. The lowest BCUT2D eigenvalue weighted by Crippen LogP contribution is -2.12. The minimum atomic E-state index is 0.857. The lowest BCUT2D eigenvalue weighted by atomic mass is 9.88. The first kappa shape index (κ1) is 34.1. The first-order chi connectivity index (χ1) is 29.7. The van der Waals surface area contributed by atoms with Crippen molar-refractivity contribution in [2.45, 2.75) is 0 Å². The van der Waals surface area contributed by atoms with Gasteiger partial charge < -0.3 is 9.32 Å². The van der Waals surface area contributed by atoms with E-state index in [9.17, 15) is 0 Å². The Morgan fingerprint density at radius 2 is 0.883 bits per heavy atom. The van der Waals surface area contributed by atoms with Crippen LogP contribution in [0.4, 0.5) is 17.1 Å². The molecule has 1 aromatic heterocycles. The Bertz CT molecular complexity index is 3610. The summed E-state index contributed by atoms with van der Waals surface area (Å²) < 4.78 is 6.55. The molecule has 0 atom stereocenters. The summed E-state index contributed by atoms with van der Waals surface area (Å²) in [5.74, 6) is 0. The zero-order chi connectivity index (χ0) is 39.6. The number of anilines is 3. The van der Waals surface area contributed by atoms with E-state index in [1.54, 1.807) is 0 Å². The van der Waals surface area contributed by atoms with Gasteiger partial charge in [0, 0.05) is 33.8 Å². The average Bonchev–Trinajstić information content (AvgIpc) is 3.69. The van der Waals surface area contributed by atoms with Crippen molar-refractivity contribution in [2.24, 2.45) is 0 Å².